The van der Waals surface area contributed by atoms with Gasteiger partial charge in [0.2, 0.25) is 0 Å². The molecule has 0 spiro atoms. The Bertz CT molecular complexity index is 714. The number of hydrogen-bond donors (Lipinski definition) is 1. The third kappa shape index (κ3) is 3.95. The molecular formula is C17H21BrN2O3S. The lowest BCUT2D eigenvalue weighted by Crippen LogP contribution is -2.35. The maximum Gasteiger partial charge on any atom is 0.266 e. The number of carbonyl (C=O) groups excluding carboxylic acids is 1. The van der Waals surface area contributed by atoms with E-state index in [0.717, 1.165) is 10.7 Å². The second kappa shape index (κ2) is 7.61. The number of phenolic OH excluding ortho intramolecular Hbond substituents is 1. The molecule has 0 bridgehead atoms. The van der Waals surface area contributed by atoms with E-state index in [1.54, 1.807) is 23.1 Å². The highest BCUT2D eigenvalue weighted by Gasteiger charge is 2.35. The first-order valence-corrected chi connectivity index (χ1v) is 9.23. The highest BCUT2D eigenvalue weighted by molar-refractivity contribution is 9.10. The van der Waals surface area contributed by atoms with Crippen LogP contribution in [0.4, 0.5) is 0 Å². The van der Waals surface area contributed by atoms with E-state index >= 15 is 0 Å². The SMILES string of the molecule is COc1cc(/C=C2/SC(=NC(C)C)N(C(C)C)C2=O)c(Br)cc1O. The molecule has 1 aliphatic heterocycles. The Kier molecular flexibility index (Phi) is 5.98. The molecule has 5 nitrogen and oxygen atoms in total. The summed E-state index contributed by atoms with van der Waals surface area (Å²) < 4.78 is 5.83. The van der Waals surface area contributed by atoms with Crippen LogP contribution in [0.2, 0.25) is 0 Å². The van der Waals surface area contributed by atoms with Gasteiger partial charge < -0.3 is 9.84 Å². The molecule has 7 heteroatoms. The number of amides is 1. The van der Waals surface area contributed by atoms with Crippen LogP contribution in [0.15, 0.2) is 26.5 Å². The molecule has 1 N–H and O–H groups in total. The first-order valence-electron chi connectivity index (χ1n) is 7.62. The van der Waals surface area contributed by atoms with Crippen LogP contribution in [0.25, 0.3) is 6.08 Å². The van der Waals surface area contributed by atoms with Crippen LogP contribution in [-0.2, 0) is 4.79 Å². The van der Waals surface area contributed by atoms with Gasteiger partial charge in [0.05, 0.1) is 12.0 Å². The third-order valence-corrected chi connectivity index (χ3v) is 4.99. The van der Waals surface area contributed by atoms with E-state index in [1.807, 2.05) is 27.7 Å². The first kappa shape index (κ1) is 18.9. The number of methoxy groups -OCH3 is 1. The van der Waals surface area contributed by atoms with Gasteiger partial charge in [-0.1, -0.05) is 15.9 Å². The number of aliphatic imine (C=N–C) groups is 1. The molecule has 0 radical (unpaired) electrons. The maximum absolute atomic E-state index is 12.7. The van der Waals surface area contributed by atoms with Crippen molar-refractivity contribution in [1.82, 2.24) is 4.90 Å². The molecule has 0 atom stereocenters. The lowest BCUT2D eigenvalue weighted by molar-refractivity contribution is -0.123. The summed E-state index contributed by atoms with van der Waals surface area (Å²) in [4.78, 5) is 19.6. The molecule has 1 aliphatic rings. The number of ether oxygens (including phenoxy) is 1. The number of carbonyl (C=O) groups is 1. The molecule has 1 fully saturated rings. The van der Waals surface area contributed by atoms with Crippen molar-refractivity contribution >= 4 is 44.8 Å². The predicted molar refractivity (Wildman–Crippen MR) is 102 cm³/mol. The molecule has 24 heavy (non-hydrogen) atoms. The van der Waals surface area contributed by atoms with Crippen molar-refractivity contribution in [3.63, 3.8) is 0 Å². The van der Waals surface area contributed by atoms with Crippen LogP contribution in [0, 0.1) is 0 Å². The zero-order chi connectivity index (χ0) is 18.0. The van der Waals surface area contributed by atoms with Crippen LogP contribution in [0.5, 0.6) is 11.5 Å². The standard InChI is InChI=1S/C17H21BrN2O3S/c1-9(2)19-17-20(10(3)4)16(22)15(24-17)7-11-6-14(23-5)13(21)8-12(11)18/h6-10,21H,1-5H3/b15-7+,19-17?. The fraction of sp³-hybridized carbons (Fsp3) is 0.412. The normalized spacial score (nSPS) is 18.5. The molecule has 0 aromatic heterocycles. The second-order valence-electron chi connectivity index (χ2n) is 5.93. The molecular weight excluding hydrogens is 392 g/mol. The summed E-state index contributed by atoms with van der Waals surface area (Å²) in [5, 5.41) is 10.5. The summed E-state index contributed by atoms with van der Waals surface area (Å²) in [7, 11) is 1.49. The van der Waals surface area contributed by atoms with Gasteiger partial charge in [0.15, 0.2) is 16.7 Å². The van der Waals surface area contributed by atoms with Gasteiger partial charge in [-0.05, 0) is 63.2 Å². The van der Waals surface area contributed by atoms with Gasteiger partial charge in [0, 0.05) is 16.6 Å². The van der Waals surface area contributed by atoms with E-state index in [0.29, 0.717) is 15.1 Å². The van der Waals surface area contributed by atoms with E-state index in [9.17, 15) is 9.90 Å². The topological polar surface area (TPSA) is 62.1 Å². The van der Waals surface area contributed by atoms with E-state index < -0.39 is 0 Å². The number of amidine groups is 1. The van der Waals surface area contributed by atoms with Gasteiger partial charge in [-0.2, -0.15) is 0 Å². The smallest absolute Gasteiger partial charge is 0.266 e. The monoisotopic (exact) mass is 412 g/mol. The van der Waals surface area contributed by atoms with Gasteiger partial charge in [-0.15, -0.1) is 0 Å². The Morgan fingerprint density at radius 2 is 2.00 bits per heavy atom. The van der Waals surface area contributed by atoms with Crippen molar-refractivity contribution in [1.29, 1.82) is 0 Å². The molecule has 0 saturated carbocycles. The van der Waals surface area contributed by atoms with Crippen LogP contribution < -0.4 is 4.74 Å². The molecule has 2 rings (SSSR count). The molecule has 1 aromatic carbocycles. The summed E-state index contributed by atoms with van der Waals surface area (Å²) in [5.41, 5.74) is 0.759. The lowest BCUT2D eigenvalue weighted by atomic mass is 10.2. The third-order valence-electron chi connectivity index (χ3n) is 3.31. The minimum absolute atomic E-state index is 0.0335. The number of aromatic hydroxyl groups is 1. The van der Waals surface area contributed by atoms with E-state index in [2.05, 4.69) is 20.9 Å². The fourth-order valence-corrected chi connectivity index (χ4v) is 3.90. The largest absolute Gasteiger partial charge is 0.504 e. The Morgan fingerprint density at radius 3 is 2.54 bits per heavy atom. The zero-order valence-electron chi connectivity index (χ0n) is 14.3. The highest BCUT2D eigenvalue weighted by Crippen LogP contribution is 2.38. The molecule has 1 saturated heterocycles. The quantitative estimate of drug-likeness (QED) is 0.750. The number of benzene rings is 1. The maximum atomic E-state index is 12.7. The van der Waals surface area contributed by atoms with Crippen molar-refractivity contribution < 1.29 is 14.6 Å². The molecule has 0 aliphatic carbocycles. The fourth-order valence-electron chi connectivity index (χ4n) is 2.23. The Hall–Kier alpha value is -1.47. The number of thioether (sulfide) groups is 1. The second-order valence-corrected chi connectivity index (χ2v) is 7.79. The summed E-state index contributed by atoms with van der Waals surface area (Å²) in [6.45, 7) is 7.91. The van der Waals surface area contributed by atoms with Gasteiger partial charge in [0.1, 0.15) is 0 Å². The summed E-state index contributed by atoms with van der Waals surface area (Å²) in [6.07, 6.45) is 1.79. The van der Waals surface area contributed by atoms with Gasteiger partial charge in [0.25, 0.3) is 5.91 Å². The zero-order valence-corrected chi connectivity index (χ0v) is 16.7. The Morgan fingerprint density at radius 1 is 1.33 bits per heavy atom. The number of rotatable bonds is 4. The average Bonchev–Trinajstić information content (AvgIpc) is 2.77. The Labute approximate surface area is 154 Å². The summed E-state index contributed by atoms with van der Waals surface area (Å²) in [6, 6.07) is 3.39. The van der Waals surface area contributed by atoms with Crippen molar-refractivity contribution in [2.45, 2.75) is 39.8 Å². The van der Waals surface area contributed by atoms with E-state index in [4.69, 9.17) is 4.74 Å². The molecule has 1 aromatic rings. The predicted octanol–water partition coefficient (Wildman–Crippen LogP) is 4.25. The van der Waals surface area contributed by atoms with Crippen molar-refractivity contribution in [3.05, 3.63) is 27.1 Å². The number of halogens is 1. The number of phenols is 1. The summed E-state index contributed by atoms with van der Waals surface area (Å²) >= 11 is 4.78. The highest BCUT2D eigenvalue weighted by atomic mass is 79.9. The molecule has 0 unspecified atom stereocenters. The first-order chi connectivity index (χ1) is 11.2. The molecule has 130 valence electrons. The van der Waals surface area contributed by atoms with Crippen molar-refractivity contribution in [3.8, 4) is 11.5 Å². The average molecular weight is 413 g/mol. The molecule has 1 amide bonds. The van der Waals surface area contributed by atoms with E-state index in [-0.39, 0.29) is 23.7 Å². The minimum atomic E-state index is -0.0617. The van der Waals surface area contributed by atoms with Gasteiger partial charge in [-0.25, -0.2) is 0 Å². The van der Waals surface area contributed by atoms with Crippen LogP contribution in [0.1, 0.15) is 33.3 Å². The Balaban J connectivity index is 2.46. The van der Waals surface area contributed by atoms with Crippen LogP contribution in [-0.4, -0.2) is 40.3 Å². The van der Waals surface area contributed by atoms with Crippen LogP contribution >= 0.6 is 27.7 Å². The van der Waals surface area contributed by atoms with Crippen LogP contribution in [0.3, 0.4) is 0 Å². The summed E-state index contributed by atoms with van der Waals surface area (Å²) in [5.74, 6) is 0.341. The lowest BCUT2D eigenvalue weighted by Gasteiger charge is -2.20. The minimum Gasteiger partial charge on any atom is -0.504 e. The van der Waals surface area contributed by atoms with Crippen molar-refractivity contribution in [2.75, 3.05) is 7.11 Å². The van der Waals surface area contributed by atoms with Gasteiger partial charge >= 0.3 is 0 Å². The van der Waals surface area contributed by atoms with E-state index in [1.165, 1.54) is 18.9 Å². The van der Waals surface area contributed by atoms with Gasteiger partial charge in [-0.3, -0.25) is 14.7 Å². The molecule has 1 heterocycles. The number of hydrogen-bond acceptors (Lipinski definition) is 5. The van der Waals surface area contributed by atoms with Crippen molar-refractivity contribution in [2.24, 2.45) is 4.99 Å². The number of nitrogens with zero attached hydrogens (tertiary/aromatic N) is 2.